The molecule has 0 N–H and O–H groups in total. The van der Waals surface area contributed by atoms with Gasteiger partial charge in [0.25, 0.3) is 5.91 Å². The zero-order valence-electron chi connectivity index (χ0n) is 13.2. The number of amides is 1. The molecule has 6 heteroatoms. The summed E-state index contributed by atoms with van der Waals surface area (Å²) in [5.74, 6) is 0.0306. The Kier molecular flexibility index (Phi) is 4.13. The largest absolute Gasteiger partial charge is 0.332 e. The van der Waals surface area contributed by atoms with E-state index in [4.69, 9.17) is 0 Å². The lowest BCUT2D eigenvalue weighted by atomic mass is 10.2. The zero-order valence-corrected chi connectivity index (χ0v) is 14.0. The van der Waals surface area contributed by atoms with Crippen molar-refractivity contribution in [2.45, 2.75) is 25.4 Å². The minimum Gasteiger partial charge on any atom is -0.332 e. The molecule has 0 unspecified atom stereocenters. The summed E-state index contributed by atoms with van der Waals surface area (Å²) in [6, 6.07) is 12.1. The molecule has 5 nitrogen and oxygen atoms in total. The van der Waals surface area contributed by atoms with Gasteiger partial charge in [-0.1, -0.05) is 30.3 Å². The number of rotatable bonds is 4. The summed E-state index contributed by atoms with van der Waals surface area (Å²) in [6.07, 6.45) is 5.76. The van der Waals surface area contributed by atoms with Crippen molar-refractivity contribution >= 4 is 17.2 Å². The van der Waals surface area contributed by atoms with Gasteiger partial charge < -0.3 is 4.90 Å². The molecule has 1 fully saturated rings. The van der Waals surface area contributed by atoms with E-state index < -0.39 is 0 Å². The molecule has 122 valence electrons. The van der Waals surface area contributed by atoms with Crippen LogP contribution < -0.4 is 0 Å². The van der Waals surface area contributed by atoms with Crippen LogP contribution in [0.15, 0.2) is 54.2 Å². The Hall–Kier alpha value is -2.47. The third kappa shape index (κ3) is 2.97. The van der Waals surface area contributed by atoms with Crippen molar-refractivity contribution in [1.29, 1.82) is 0 Å². The predicted molar refractivity (Wildman–Crippen MR) is 93.8 cm³/mol. The molecule has 1 aliphatic rings. The van der Waals surface area contributed by atoms with Gasteiger partial charge in [0.2, 0.25) is 0 Å². The first-order chi connectivity index (χ1) is 11.8. The topological polar surface area (TPSA) is 51.0 Å². The summed E-state index contributed by atoms with van der Waals surface area (Å²) in [5.41, 5.74) is 1.60. The quantitative estimate of drug-likeness (QED) is 0.733. The minimum absolute atomic E-state index is 0.0306. The summed E-state index contributed by atoms with van der Waals surface area (Å²) < 4.78 is 1.90. The van der Waals surface area contributed by atoms with Crippen molar-refractivity contribution in [2.24, 2.45) is 0 Å². The van der Waals surface area contributed by atoms with Crippen LogP contribution in [0.4, 0.5) is 0 Å². The molecule has 0 radical (unpaired) electrons. The summed E-state index contributed by atoms with van der Waals surface area (Å²) in [5, 5.41) is 7.01. The van der Waals surface area contributed by atoms with Gasteiger partial charge in [-0.2, -0.15) is 5.10 Å². The molecular formula is C18H18N4OS. The highest BCUT2D eigenvalue weighted by Crippen LogP contribution is 2.26. The number of benzene rings is 1. The first-order valence-corrected chi connectivity index (χ1v) is 8.98. The number of carbonyl (C=O) groups is 1. The van der Waals surface area contributed by atoms with Crippen LogP contribution in [0.2, 0.25) is 0 Å². The average Bonchev–Trinajstić information content (AvgIpc) is 3.37. The van der Waals surface area contributed by atoms with Gasteiger partial charge >= 0.3 is 0 Å². The number of nitrogens with zero attached hydrogens (tertiary/aromatic N) is 4. The fourth-order valence-corrected chi connectivity index (χ4v) is 3.95. The lowest BCUT2D eigenvalue weighted by molar-refractivity contribution is 0.0716. The highest BCUT2D eigenvalue weighted by atomic mass is 32.1. The molecule has 0 saturated carbocycles. The Balaban J connectivity index is 1.52. The van der Waals surface area contributed by atoms with E-state index in [0.717, 1.165) is 36.5 Å². The normalized spacial score (nSPS) is 17.3. The van der Waals surface area contributed by atoms with E-state index in [9.17, 15) is 4.79 Å². The molecular weight excluding hydrogens is 320 g/mol. The molecule has 1 aromatic carbocycles. The first-order valence-electron chi connectivity index (χ1n) is 8.10. The van der Waals surface area contributed by atoms with Gasteiger partial charge in [0, 0.05) is 29.9 Å². The molecule has 1 atom stereocenters. The van der Waals surface area contributed by atoms with E-state index in [1.807, 2.05) is 57.6 Å². The Morgan fingerprint density at radius 2 is 2.12 bits per heavy atom. The molecule has 3 heterocycles. The Labute approximate surface area is 144 Å². The second-order valence-corrected chi connectivity index (χ2v) is 6.78. The first kappa shape index (κ1) is 15.1. The second kappa shape index (κ2) is 6.57. The minimum atomic E-state index is 0.0306. The maximum absolute atomic E-state index is 12.9. The second-order valence-electron chi connectivity index (χ2n) is 5.93. The van der Waals surface area contributed by atoms with Crippen LogP contribution in [0.5, 0.6) is 0 Å². The van der Waals surface area contributed by atoms with Crippen LogP contribution in [0.1, 0.15) is 23.3 Å². The van der Waals surface area contributed by atoms with Crippen molar-refractivity contribution in [3.05, 3.63) is 59.9 Å². The Morgan fingerprint density at radius 1 is 1.25 bits per heavy atom. The number of carbonyl (C=O) groups excluding carboxylic acids is 1. The fourth-order valence-electron chi connectivity index (χ4n) is 3.15. The van der Waals surface area contributed by atoms with Crippen LogP contribution in [0.25, 0.3) is 10.6 Å². The van der Waals surface area contributed by atoms with E-state index in [0.29, 0.717) is 5.69 Å². The Morgan fingerprint density at radius 3 is 2.92 bits per heavy atom. The smallest absolute Gasteiger partial charge is 0.273 e. The van der Waals surface area contributed by atoms with Crippen LogP contribution in [0, 0.1) is 0 Å². The molecule has 24 heavy (non-hydrogen) atoms. The van der Waals surface area contributed by atoms with Gasteiger partial charge in [-0.15, -0.1) is 11.3 Å². The van der Waals surface area contributed by atoms with Gasteiger partial charge in [0.1, 0.15) is 10.7 Å². The van der Waals surface area contributed by atoms with Crippen LogP contribution in [0.3, 0.4) is 0 Å². The maximum atomic E-state index is 12.9. The molecule has 1 amide bonds. The van der Waals surface area contributed by atoms with Gasteiger partial charge in [0.05, 0.1) is 12.6 Å². The maximum Gasteiger partial charge on any atom is 0.273 e. The number of thiazole rings is 1. The number of hydrogen-bond donors (Lipinski definition) is 0. The number of aromatic nitrogens is 3. The summed E-state index contributed by atoms with van der Waals surface area (Å²) in [6.45, 7) is 1.54. The number of hydrogen-bond acceptors (Lipinski definition) is 4. The average molecular weight is 338 g/mol. The van der Waals surface area contributed by atoms with E-state index in [2.05, 4.69) is 10.1 Å². The molecule has 1 aliphatic heterocycles. The van der Waals surface area contributed by atoms with Crippen molar-refractivity contribution < 1.29 is 4.79 Å². The van der Waals surface area contributed by atoms with Crippen molar-refractivity contribution in [1.82, 2.24) is 19.7 Å². The van der Waals surface area contributed by atoms with Gasteiger partial charge in [0.15, 0.2) is 0 Å². The third-order valence-electron chi connectivity index (χ3n) is 4.34. The van der Waals surface area contributed by atoms with E-state index in [1.54, 1.807) is 6.20 Å². The van der Waals surface area contributed by atoms with Gasteiger partial charge in [-0.3, -0.25) is 9.48 Å². The molecule has 4 rings (SSSR count). The summed E-state index contributed by atoms with van der Waals surface area (Å²) >= 11 is 1.52. The fraction of sp³-hybridized carbons (Fsp3) is 0.278. The summed E-state index contributed by atoms with van der Waals surface area (Å²) in [4.78, 5) is 19.4. The summed E-state index contributed by atoms with van der Waals surface area (Å²) in [7, 11) is 0. The van der Waals surface area contributed by atoms with Crippen molar-refractivity contribution in [3.63, 3.8) is 0 Å². The standard InChI is InChI=1S/C18H18N4OS/c23-18(16-13-24-17(20-16)14-6-2-1-3-7-14)22-11-4-8-15(22)12-21-10-5-9-19-21/h1-3,5-7,9-10,13,15H,4,8,11-12H2/t15-/m1/s1. The highest BCUT2D eigenvalue weighted by Gasteiger charge is 2.31. The molecule has 1 saturated heterocycles. The number of likely N-dealkylation sites (tertiary alicyclic amines) is 1. The van der Waals surface area contributed by atoms with E-state index in [1.165, 1.54) is 11.3 Å². The van der Waals surface area contributed by atoms with Gasteiger partial charge in [-0.05, 0) is 18.9 Å². The molecule has 3 aromatic rings. The highest BCUT2D eigenvalue weighted by molar-refractivity contribution is 7.13. The molecule has 0 aliphatic carbocycles. The third-order valence-corrected chi connectivity index (χ3v) is 5.23. The van der Waals surface area contributed by atoms with E-state index in [-0.39, 0.29) is 11.9 Å². The van der Waals surface area contributed by atoms with E-state index >= 15 is 0 Å². The van der Waals surface area contributed by atoms with Crippen LogP contribution in [-0.2, 0) is 6.54 Å². The predicted octanol–water partition coefficient (Wildman–Crippen LogP) is 3.31. The van der Waals surface area contributed by atoms with Crippen LogP contribution in [-0.4, -0.2) is 38.2 Å². The van der Waals surface area contributed by atoms with Gasteiger partial charge in [-0.25, -0.2) is 4.98 Å². The zero-order chi connectivity index (χ0) is 16.4. The lowest BCUT2D eigenvalue weighted by Gasteiger charge is -2.23. The SMILES string of the molecule is O=C(c1csc(-c2ccccc2)n1)N1CCC[C@@H]1Cn1cccn1. The monoisotopic (exact) mass is 338 g/mol. The van der Waals surface area contributed by atoms with Crippen LogP contribution >= 0.6 is 11.3 Å². The Bertz CT molecular complexity index is 813. The lowest BCUT2D eigenvalue weighted by Crippen LogP contribution is -2.38. The molecule has 0 bridgehead atoms. The molecule has 2 aromatic heterocycles. The van der Waals surface area contributed by atoms with Crippen molar-refractivity contribution in [3.8, 4) is 10.6 Å². The van der Waals surface area contributed by atoms with Crippen molar-refractivity contribution in [2.75, 3.05) is 6.54 Å². The molecule has 0 spiro atoms.